The first-order chi connectivity index (χ1) is 16.2. The van der Waals surface area contributed by atoms with Crippen molar-refractivity contribution in [3.8, 4) is 22.4 Å². The van der Waals surface area contributed by atoms with E-state index >= 15 is 0 Å². The molecule has 0 spiro atoms. The Labute approximate surface area is 200 Å². The first-order valence-electron chi connectivity index (χ1n) is 12.0. The van der Waals surface area contributed by atoms with Crippen LogP contribution in [0.4, 0.5) is 0 Å². The van der Waals surface area contributed by atoms with Gasteiger partial charge in [0.2, 0.25) is 11.4 Å². The predicted octanol–water partition coefficient (Wildman–Crippen LogP) is 6.91. The van der Waals surface area contributed by atoms with Crippen molar-refractivity contribution >= 4 is 22.1 Å². The van der Waals surface area contributed by atoms with Crippen molar-refractivity contribution in [3.63, 3.8) is 0 Å². The average Bonchev–Trinajstić information content (AvgIpc) is 3.26. The first-order valence-corrected chi connectivity index (χ1v) is 12.0. The monoisotopic (exact) mass is 448 g/mol. The maximum atomic E-state index is 6.56. The Bertz CT molecular complexity index is 1640. The summed E-state index contributed by atoms with van der Waals surface area (Å²) in [4.78, 5) is 9.78. The normalized spacial score (nSPS) is 14.2. The van der Waals surface area contributed by atoms with Gasteiger partial charge >= 0.3 is 0 Å². The minimum Gasteiger partial charge on any atom is -0.437 e. The zero-order chi connectivity index (χ0) is 23.9. The number of fused-ring (bicyclic) bond motifs is 6. The van der Waals surface area contributed by atoms with Gasteiger partial charge in [0.25, 0.3) is 0 Å². The molecule has 1 aliphatic carbocycles. The Kier molecular flexibility index (Phi) is 4.32. The van der Waals surface area contributed by atoms with E-state index in [0.717, 1.165) is 44.6 Å². The Morgan fingerprint density at radius 2 is 1.74 bits per heavy atom. The predicted molar refractivity (Wildman–Crippen MR) is 137 cm³/mol. The highest BCUT2D eigenvalue weighted by atomic mass is 16.3. The van der Waals surface area contributed by atoms with Gasteiger partial charge in [-0.1, -0.05) is 32.0 Å². The van der Waals surface area contributed by atoms with E-state index in [9.17, 15) is 0 Å². The molecule has 4 heteroatoms. The van der Waals surface area contributed by atoms with Gasteiger partial charge in [0.15, 0.2) is 11.8 Å². The molecule has 0 amide bonds. The number of furan rings is 1. The number of pyridine rings is 3. The van der Waals surface area contributed by atoms with Gasteiger partial charge in [0, 0.05) is 39.7 Å². The highest BCUT2D eigenvalue weighted by Crippen LogP contribution is 2.48. The van der Waals surface area contributed by atoms with Crippen LogP contribution < -0.4 is 4.57 Å². The lowest BCUT2D eigenvalue weighted by Crippen LogP contribution is -2.32. The van der Waals surface area contributed by atoms with Crippen LogP contribution in [-0.2, 0) is 12.5 Å². The zero-order valence-corrected chi connectivity index (χ0v) is 20.9. The van der Waals surface area contributed by atoms with Crippen LogP contribution in [0.1, 0.15) is 61.7 Å². The number of aromatic nitrogens is 3. The minimum atomic E-state index is -0.256. The third-order valence-electron chi connectivity index (χ3n) is 7.52. The van der Waals surface area contributed by atoms with Crippen molar-refractivity contribution in [1.29, 1.82) is 0 Å². The summed E-state index contributed by atoms with van der Waals surface area (Å²) in [7, 11) is 2.13. The fraction of sp³-hybridized carbons (Fsp3) is 0.300. The van der Waals surface area contributed by atoms with E-state index in [2.05, 4.69) is 89.7 Å². The molecular formula is C30H30N3O+. The van der Waals surface area contributed by atoms with Crippen LogP contribution >= 0.6 is 0 Å². The number of nitrogens with zero attached hydrogens (tertiary/aromatic N) is 3. The van der Waals surface area contributed by atoms with Gasteiger partial charge in [-0.15, -0.1) is 0 Å². The summed E-state index contributed by atoms with van der Waals surface area (Å²) in [6.07, 6.45) is 4.13. The fourth-order valence-electron chi connectivity index (χ4n) is 5.72. The second-order valence-electron chi connectivity index (χ2n) is 10.6. The van der Waals surface area contributed by atoms with Crippen molar-refractivity contribution in [1.82, 2.24) is 9.97 Å². The second kappa shape index (κ2) is 6.99. The quantitative estimate of drug-likeness (QED) is 0.275. The molecule has 0 bridgehead atoms. The van der Waals surface area contributed by atoms with Crippen molar-refractivity contribution in [2.24, 2.45) is 7.05 Å². The highest BCUT2D eigenvalue weighted by molar-refractivity contribution is 6.10. The Morgan fingerprint density at radius 1 is 0.941 bits per heavy atom. The number of aryl methyl sites for hydroxylation is 3. The summed E-state index contributed by atoms with van der Waals surface area (Å²) in [5.74, 6) is 0.482. The lowest BCUT2D eigenvalue weighted by atomic mass is 9.89. The molecule has 6 rings (SSSR count). The van der Waals surface area contributed by atoms with E-state index in [0.29, 0.717) is 11.6 Å². The van der Waals surface area contributed by atoms with Crippen LogP contribution in [0.15, 0.2) is 53.2 Å². The molecule has 4 nitrogen and oxygen atoms in total. The van der Waals surface area contributed by atoms with Gasteiger partial charge in [-0.05, 0) is 56.9 Å². The molecule has 0 saturated heterocycles. The number of hydrogen-bond acceptors (Lipinski definition) is 3. The lowest BCUT2D eigenvalue weighted by Gasteiger charge is -2.18. The van der Waals surface area contributed by atoms with Crippen LogP contribution in [-0.4, -0.2) is 9.97 Å². The van der Waals surface area contributed by atoms with Crippen molar-refractivity contribution in [2.75, 3.05) is 0 Å². The van der Waals surface area contributed by atoms with Gasteiger partial charge in [-0.2, -0.15) is 0 Å². The molecule has 0 atom stereocenters. The van der Waals surface area contributed by atoms with Crippen LogP contribution in [0.3, 0.4) is 0 Å². The molecule has 0 N–H and O–H groups in total. The maximum Gasteiger partial charge on any atom is 0.227 e. The van der Waals surface area contributed by atoms with E-state index < -0.39 is 0 Å². The summed E-state index contributed by atoms with van der Waals surface area (Å²) in [5, 5.41) is 2.16. The molecule has 4 heterocycles. The van der Waals surface area contributed by atoms with Gasteiger partial charge in [0.05, 0.1) is 22.4 Å². The largest absolute Gasteiger partial charge is 0.437 e. The van der Waals surface area contributed by atoms with E-state index in [4.69, 9.17) is 14.4 Å². The summed E-state index contributed by atoms with van der Waals surface area (Å²) < 4.78 is 8.80. The van der Waals surface area contributed by atoms with Crippen molar-refractivity contribution in [2.45, 2.75) is 52.9 Å². The molecule has 0 unspecified atom stereocenters. The standard InChI is InChI=1S/C30H30N3O/c1-16(2)23-15-33(7)24(13-18(23)4)25-17(3)10-11-19-22-14-21-20-9-8-12-31-27(20)30(5,6)28(21)32-29(22)34-26(19)25/h8-16H,1-7H3/q+1. The van der Waals surface area contributed by atoms with Crippen molar-refractivity contribution in [3.05, 3.63) is 76.9 Å². The van der Waals surface area contributed by atoms with Gasteiger partial charge in [-0.25, -0.2) is 9.55 Å². The Balaban J connectivity index is 1.65. The first kappa shape index (κ1) is 21.0. The van der Waals surface area contributed by atoms with E-state index in [-0.39, 0.29) is 5.41 Å². The van der Waals surface area contributed by atoms with Crippen LogP contribution in [0.5, 0.6) is 0 Å². The SMILES string of the molecule is Cc1cc(-c2c(C)ccc3c2oc2nc4c(cc23)-c2cccnc2C4(C)C)[n+](C)cc1C(C)C. The minimum absolute atomic E-state index is 0.256. The summed E-state index contributed by atoms with van der Waals surface area (Å²) in [5.41, 5.74) is 12.0. The summed E-state index contributed by atoms with van der Waals surface area (Å²) >= 11 is 0. The van der Waals surface area contributed by atoms with E-state index in [1.54, 1.807) is 0 Å². The lowest BCUT2D eigenvalue weighted by molar-refractivity contribution is -0.660. The molecule has 4 aromatic heterocycles. The highest BCUT2D eigenvalue weighted by Gasteiger charge is 2.39. The third kappa shape index (κ3) is 2.74. The van der Waals surface area contributed by atoms with E-state index in [1.807, 2.05) is 12.3 Å². The van der Waals surface area contributed by atoms with E-state index in [1.165, 1.54) is 22.3 Å². The topological polar surface area (TPSA) is 42.8 Å². The molecule has 0 fully saturated rings. The molecule has 0 aliphatic heterocycles. The zero-order valence-electron chi connectivity index (χ0n) is 20.9. The molecular weight excluding hydrogens is 418 g/mol. The molecule has 0 saturated carbocycles. The Morgan fingerprint density at radius 3 is 2.50 bits per heavy atom. The third-order valence-corrected chi connectivity index (χ3v) is 7.52. The van der Waals surface area contributed by atoms with Gasteiger partial charge in [0.1, 0.15) is 7.05 Å². The molecule has 1 aromatic carbocycles. The number of hydrogen-bond donors (Lipinski definition) is 0. The van der Waals surface area contributed by atoms with Gasteiger partial charge < -0.3 is 4.42 Å². The fourth-order valence-corrected chi connectivity index (χ4v) is 5.72. The summed E-state index contributed by atoms with van der Waals surface area (Å²) in [6, 6.07) is 13.1. The Hall–Kier alpha value is -3.53. The average molecular weight is 449 g/mol. The molecule has 1 aliphatic rings. The molecule has 34 heavy (non-hydrogen) atoms. The second-order valence-corrected chi connectivity index (χ2v) is 10.6. The van der Waals surface area contributed by atoms with Gasteiger partial charge in [-0.3, -0.25) is 4.98 Å². The molecule has 0 radical (unpaired) electrons. The number of rotatable bonds is 2. The summed E-state index contributed by atoms with van der Waals surface area (Å²) in [6.45, 7) is 13.2. The molecule has 170 valence electrons. The van der Waals surface area contributed by atoms with Crippen molar-refractivity contribution < 1.29 is 8.98 Å². The molecule has 5 aromatic rings. The van der Waals surface area contributed by atoms with Crippen LogP contribution in [0.25, 0.3) is 44.5 Å². The number of benzene rings is 1. The maximum absolute atomic E-state index is 6.56. The smallest absolute Gasteiger partial charge is 0.227 e. The van der Waals surface area contributed by atoms with Crippen LogP contribution in [0, 0.1) is 13.8 Å². The van der Waals surface area contributed by atoms with Crippen LogP contribution in [0.2, 0.25) is 0 Å².